The lowest BCUT2D eigenvalue weighted by molar-refractivity contribution is 0.533. The molecule has 3 aliphatic carbocycles. The van der Waals surface area contributed by atoms with E-state index < -0.39 is 0 Å². The summed E-state index contributed by atoms with van der Waals surface area (Å²) in [5.41, 5.74) is 18.1. The minimum atomic E-state index is 0.365. The highest BCUT2D eigenvalue weighted by Crippen LogP contribution is 2.55. The number of para-hydroxylation sites is 2. The summed E-state index contributed by atoms with van der Waals surface area (Å²) >= 11 is 0. The predicted molar refractivity (Wildman–Crippen MR) is 208 cm³/mol. The van der Waals surface area contributed by atoms with Crippen molar-refractivity contribution in [2.24, 2.45) is 0 Å². The zero-order valence-corrected chi connectivity index (χ0v) is 28.3. The van der Waals surface area contributed by atoms with E-state index in [1.807, 2.05) is 0 Å². The van der Waals surface area contributed by atoms with Gasteiger partial charge in [0.15, 0.2) is 0 Å². The lowest BCUT2D eigenvalue weighted by Gasteiger charge is -2.36. The summed E-state index contributed by atoms with van der Waals surface area (Å²) < 4.78 is 0. The van der Waals surface area contributed by atoms with Gasteiger partial charge in [-0.25, -0.2) is 0 Å². The van der Waals surface area contributed by atoms with Crippen molar-refractivity contribution in [3.63, 3.8) is 0 Å². The molecule has 2 aliphatic heterocycles. The maximum atomic E-state index is 2.70. The van der Waals surface area contributed by atoms with Crippen LogP contribution in [0.3, 0.4) is 0 Å². The molecule has 50 heavy (non-hydrogen) atoms. The largest absolute Gasteiger partial charge is 0.341 e. The Bertz CT molecular complexity index is 2250. The molecule has 3 atom stereocenters. The molecule has 3 unspecified atom stereocenters. The van der Waals surface area contributed by atoms with Crippen LogP contribution in [0.4, 0.5) is 17.1 Å². The summed E-state index contributed by atoms with van der Waals surface area (Å²) in [5, 5.41) is 0. The second-order valence-electron chi connectivity index (χ2n) is 14.3. The molecule has 0 spiro atoms. The van der Waals surface area contributed by atoms with E-state index in [0.717, 1.165) is 25.7 Å². The van der Waals surface area contributed by atoms with Crippen LogP contribution in [0.5, 0.6) is 0 Å². The van der Waals surface area contributed by atoms with E-state index in [2.05, 4.69) is 174 Å². The molecule has 2 nitrogen and oxygen atoms in total. The number of nitrogens with zero attached hydrogens (tertiary/aromatic N) is 2. The number of rotatable bonds is 5. The van der Waals surface area contributed by atoms with E-state index in [-0.39, 0.29) is 0 Å². The van der Waals surface area contributed by atoms with Gasteiger partial charge < -0.3 is 9.80 Å². The fourth-order valence-corrected chi connectivity index (χ4v) is 9.28. The SMILES string of the molecule is C1=C(C2=CC=C3C(C2)c2ccccc2N3c2ccc(-c3ccccc3)cc2)CCC2C1c1ccccc1N2C1=CC=C(c2ccccc2)CC1. The van der Waals surface area contributed by atoms with Gasteiger partial charge in [-0.3, -0.25) is 0 Å². The molecular weight excluding hydrogens is 605 g/mol. The molecule has 5 aromatic rings. The zero-order chi connectivity index (χ0) is 33.0. The molecular formula is C48H40N2. The van der Waals surface area contributed by atoms with Gasteiger partial charge in [0.25, 0.3) is 0 Å². The van der Waals surface area contributed by atoms with Crippen LogP contribution in [0, 0.1) is 0 Å². The van der Waals surface area contributed by atoms with Crippen LogP contribution in [-0.2, 0) is 0 Å². The van der Waals surface area contributed by atoms with E-state index in [1.165, 1.54) is 73.8 Å². The molecule has 5 aromatic carbocycles. The Kier molecular flexibility index (Phi) is 7.08. The van der Waals surface area contributed by atoms with Gasteiger partial charge >= 0.3 is 0 Å². The van der Waals surface area contributed by atoms with Crippen molar-refractivity contribution in [1.29, 1.82) is 0 Å². The topological polar surface area (TPSA) is 6.48 Å². The Morgan fingerprint density at radius 1 is 0.480 bits per heavy atom. The Morgan fingerprint density at radius 3 is 1.90 bits per heavy atom. The van der Waals surface area contributed by atoms with E-state index in [4.69, 9.17) is 0 Å². The Hall–Kier alpha value is -5.60. The second-order valence-corrected chi connectivity index (χ2v) is 14.3. The Labute approximate surface area is 295 Å². The number of benzene rings is 5. The number of hydrogen-bond donors (Lipinski definition) is 0. The lowest BCUT2D eigenvalue weighted by atomic mass is 9.77. The third kappa shape index (κ3) is 4.85. The van der Waals surface area contributed by atoms with E-state index in [1.54, 1.807) is 5.57 Å². The van der Waals surface area contributed by atoms with Crippen molar-refractivity contribution in [2.45, 2.75) is 50.0 Å². The maximum absolute atomic E-state index is 2.70. The number of hydrogen-bond acceptors (Lipinski definition) is 2. The summed E-state index contributed by atoms with van der Waals surface area (Å²) in [4.78, 5) is 5.20. The van der Waals surface area contributed by atoms with Gasteiger partial charge in [0.1, 0.15) is 0 Å². The standard InChI is InChI=1S/C48H40N2/c1-3-11-33(12-4-1)35-19-25-39(26-20-35)49-45-17-9-7-15-41(45)43-31-37(23-29-47(43)49)38-24-30-48-44(32-38)42-16-8-10-18-46(42)50(48)40-27-21-36(22-28-40)34-13-5-2-6-14-34/h1-21,23,25-27,29,32,43-44,48H,22,24,28,30-31H2. The second kappa shape index (κ2) is 12.1. The van der Waals surface area contributed by atoms with Crippen LogP contribution < -0.4 is 9.80 Å². The van der Waals surface area contributed by atoms with Crippen molar-refractivity contribution in [3.05, 3.63) is 203 Å². The molecule has 0 fully saturated rings. The van der Waals surface area contributed by atoms with Gasteiger partial charge in [0.2, 0.25) is 0 Å². The summed E-state index contributed by atoms with van der Waals surface area (Å²) in [7, 11) is 0. The number of fused-ring (bicyclic) bond motifs is 6. The molecule has 5 aliphatic rings. The maximum Gasteiger partial charge on any atom is 0.0497 e. The number of anilines is 3. The first kappa shape index (κ1) is 29.3. The van der Waals surface area contributed by atoms with Gasteiger partial charge in [0.05, 0.1) is 0 Å². The monoisotopic (exact) mass is 644 g/mol. The first-order valence-corrected chi connectivity index (χ1v) is 18.3. The Morgan fingerprint density at radius 2 is 1.14 bits per heavy atom. The average Bonchev–Trinajstić information content (AvgIpc) is 3.71. The van der Waals surface area contributed by atoms with Crippen LogP contribution in [-0.4, -0.2) is 6.04 Å². The van der Waals surface area contributed by atoms with Crippen LogP contribution >= 0.6 is 0 Å². The van der Waals surface area contributed by atoms with E-state index in [0.29, 0.717) is 17.9 Å². The fourth-order valence-electron chi connectivity index (χ4n) is 9.28. The molecule has 0 bridgehead atoms. The molecule has 2 heteroatoms. The highest BCUT2D eigenvalue weighted by Gasteiger charge is 2.42. The van der Waals surface area contributed by atoms with Crippen molar-refractivity contribution in [3.8, 4) is 11.1 Å². The quantitative estimate of drug-likeness (QED) is 0.188. The molecule has 0 aromatic heterocycles. The molecule has 0 saturated heterocycles. The number of allylic oxidation sites excluding steroid dienone is 9. The summed E-state index contributed by atoms with van der Waals surface area (Å²) in [6.07, 6.45) is 17.8. The predicted octanol–water partition coefficient (Wildman–Crippen LogP) is 12.3. The summed E-state index contributed by atoms with van der Waals surface area (Å²) in [6, 6.07) is 49.3. The van der Waals surface area contributed by atoms with Crippen LogP contribution in [0.2, 0.25) is 0 Å². The van der Waals surface area contributed by atoms with E-state index in [9.17, 15) is 0 Å². The Balaban J connectivity index is 0.958. The van der Waals surface area contributed by atoms with Crippen molar-refractivity contribution >= 4 is 22.6 Å². The highest BCUT2D eigenvalue weighted by molar-refractivity contribution is 5.81. The van der Waals surface area contributed by atoms with Crippen LogP contribution in [0.25, 0.3) is 16.7 Å². The van der Waals surface area contributed by atoms with Gasteiger partial charge in [0, 0.05) is 46.3 Å². The summed E-state index contributed by atoms with van der Waals surface area (Å²) in [6.45, 7) is 0. The first-order chi connectivity index (χ1) is 24.8. The third-order valence-electron chi connectivity index (χ3n) is 11.7. The minimum Gasteiger partial charge on any atom is -0.341 e. The fraction of sp³-hybridized carbons (Fsp3) is 0.167. The van der Waals surface area contributed by atoms with Gasteiger partial charge in [-0.05, 0) is 113 Å². The average molecular weight is 645 g/mol. The highest BCUT2D eigenvalue weighted by atomic mass is 15.2. The molecule has 0 saturated carbocycles. The molecule has 242 valence electrons. The van der Waals surface area contributed by atoms with Gasteiger partial charge in [-0.1, -0.05) is 127 Å². The zero-order valence-electron chi connectivity index (χ0n) is 28.3. The molecule has 10 rings (SSSR count). The van der Waals surface area contributed by atoms with Gasteiger partial charge in [-0.2, -0.15) is 0 Å². The van der Waals surface area contributed by atoms with Gasteiger partial charge in [-0.15, -0.1) is 0 Å². The van der Waals surface area contributed by atoms with E-state index >= 15 is 0 Å². The molecule has 0 amide bonds. The first-order valence-electron chi connectivity index (χ1n) is 18.3. The smallest absolute Gasteiger partial charge is 0.0497 e. The minimum absolute atomic E-state index is 0.365. The lowest BCUT2D eigenvalue weighted by Crippen LogP contribution is -2.35. The van der Waals surface area contributed by atoms with Crippen molar-refractivity contribution in [1.82, 2.24) is 0 Å². The summed E-state index contributed by atoms with van der Waals surface area (Å²) in [5.74, 6) is 0.779. The molecule has 2 heterocycles. The molecule has 0 radical (unpaired) electrons. The van der Waals surface area contributed by atoms with Crippen LogP contribution in [0.1, 0.15) is 60.6 Å². The van der Waals surface area contributed by atoms with Crippen molar-refractivity contribution in [2.75, 3.05) is 9.80 Å². The molecule has 0 N–H and O–H groups in total. The van der Waals surface area contributed by atoms with Crippen LogP contribution in [0.15, 0.2) is 186 Å². The third-order valence-corrected chi connectivity index (χ3v) is 11.7. The van der Waals surface area contributed by atoms with Crippen molar-refractivity contribution < 1.29 is 0 Å². The normalized spacial score (nSPS) is 21.9.